The van der Waals surface area contributed by atoms with Crippen LogP contribution in [0.4, 0.5) is 8.78 Å². The summed E-state index contributed by atoms with van der Waals surface area (Å²) in [5.41, 5.74) is 0.622. The van der Waals surface area contributed by atoms with E-state index in [0.717, 1.165) is 19.3 Å². The SMILES string of the molecule is Cc1c(C(=O)N[C@H](c2cccc(F)c2)C2CCC2)c2cccc(F)c2c(=O)n1CCO. The molecule has 3 aromatic rings. The maximum Gasteiger partial charge on any atom is 0.261 e. The van der Waals surface area contributed by atoms with Gasteiger partial charge in [0, 0.05) is 17.6 Å². The molecule has 1 aliphatic rings. The van der Waals surface area contributed by atoms with Crippen molar-refractivity contribution in [2.75, 3.05) is 6.61 Å². The maximum atomic E-state index is 14.6. The average molecular weight is 426 g/mol. The van der Waals surface area contributed by atoms with Gasteiger partial charge in [-0.25, -0.2) is 8.78 Å². The minimum atomic E-state index is -0.719. The Morgan fingerprint density at radius 2 is 1.97 bits per heavy atom. The van der Waals surface area contributed by atoms with Crippen LogP contribution in [0.3, 0.4) is 0 Å². The highest BCUT2D eigenvalue weighted by Crippen LogP contribution is 2.38. The lowest BCUT2D eigenvalue weighted by atomic mass is 9.77. The Bertz CT molecular complexity index is 1200. The number of rotatable bonds is 6. The molecule has 31 heavy (non-hydrogen) atoms. The molecule has 1 aromatic heterocycles. The summed E-state index contributed by atoms with van der Waals surface area (Å²) in [5, 5.41) is 12.4. The third-order valence-electron chi connectivity index (χ3n) is 6.17. The van der Waals surface area contributed by atoms with Crippen molar-refractivity contribution in [3.63, 3.8) is 0 Å². The predicted octanol–water partition coefficient (Wildman–Crippen LogP) is 3.85. The third kappa shape index (κ3) is 3.85. The molecule has 2 aromatic carbocycles. The van der Waals surface area contributed by atoms with Gasteiger partial charge in [-0.3, -0.25) is 9.59 Å². The Morgan fingerprint density at radius 1 is 1.23 bits per heavy atom. The van der Waals surface area contributed by atoms with Gasteiger partial charge in [-0.2, -0.15) is 0 Å². The quantitative estimate of drug-likeness (QED) is 0.629. The second-order valence-electron chi connectivity index (χ2n) is 8.00. The molecular weight excluding hydrogens is 402 g/mol. The highest BCUT2D eigenvalue weighted by Gasteiger charge is 2.31. The summed E-state index contributed by atoms with van der Waals surface area (Å²) >= 11 is 0. The van der Waals surface area contributed by atoms with Crippen molar-refractivity contribution in [3.05, 3.63) is 81.3 Å². The van der Waals surface area contributed by atoms with Gasteiger partial charge in [-0.1, -0.05) is 30.7 Å². The molecule has 1 heterocycles. The average Bonchev–Trinajstić information content (AvgIpc) is 2.69. The Hall–Kier alpha value is -3.06. The normalized spacial score (nSPS) is 15.0. The van der Waals surface area contributed by atoms with Gasteiger partial charge in [0.05, 0.1) is 23.6 Å². The molecule has 1 atom stereocenters. The summed E-state index contributed by atoms with van der Waals surface area (Å²) in [4.78, 5) is 26.3. The maximum absolute atomic E-state index is 14.6. The first-order valence-electron chi connectivity index (χ1n) is 10.4. The van der Waals surface area contributed by atoms with E-state index in [-0.39, 0.29) is 41.2 Å². The number of nitrogens with one attached hydrogen (secondary N) is 1. The molecule has 0 saturated heterocycles. The van der Waals surface area contributed by atoms with Gasteiger partial charge in [-0.05, 0) is 49.4 Å². The molecule has 0 radical (unpaired) electrons. The Balaban J connectivity index is 1.83. The second kappa shape index (κ2) is 8.59. The number of hydrogen-bond acceptors (Lipinski definition) is 3. The molecule has 0 aliphatic heterocycles. The Labute approximate surface area is 178 Å². The minimum Gasteiger partial charge on any atom is -0.395 e. The van der Waals surface area contributed by atoms with Crippen LogP contribution >= 0.6 is 0 Å². The van der Waals surface area contributed by atoms with Crippen molar-refractivity contribution in [1.29, 1.82) is 0 Å². The second-order valence-corrected chi connectivity index (χ2v) is 8.00. The lowest BCUT2D eigenvalue weighted by Crippen LogP contribution is -2.38. The van der Waals surface area contributed by atoms with Crippen LogP contribution in [0, 0.1) is 24.5 Å². The first-order valence-corrected chi connectivity index (χ1v) is 10.4. The summed E-state index contributed by atoms with van der Waals surface area (Å²) in [6.07, 6.45) is 2.88. The summed E-state index contributed by atoms with van der Waals surface area (Å²) in [5.74, 6) is -1.38. The monoisotopic (exact) mass is 426 g/mol. The van der Waals surface area contributed by atoms with Gasteiger partial charge in [-0.15, -0.1) is 0 Å². The first kappa shape index (κ1) is 21.2. The number of hydrogen-bond donors (Lipinski definition) is 2. The number of carbonyl (C=O) groups is 1. The predicted molar refractivity (Wildman–Crippen MR) is 114 cm³/mol. The highest BCUT2D eigenvalue weighted by molar-refractivity contribution is 6.08. The Morgan fingerprint density at radius 3 is 2.61 bits per heavy atom. The van der Waals surface area contributed by atoms with Crippen molar-refractivity contribution >= 4 is 16.7 Å². The zero-order chi connectivity index (χ0) is 22.1. The molecule has 1 amide bonds. The molecule has 0 spiro atoms. The van der Waals surface area contributed by atoms with E-state index < -0.39 is 23.3 Å². The van der Waals surface area contributed by atoms with Crippen LogP contribution in [0.2, 0.25) is 0 Å². The number of aromatic nitrogens is 1. The minimum absolute atomic E-state index is 0.0504. The highest BCUT2D eigenvalue weighted by atomic mass is 19.1. The number of benzene rings is 2. The van der Waals surface area contributed by atoms with Crippen LogP contribution in [0.1, 0.15) is 46.9 Å². The third-order valence-corrected chi connectivity index (χ3v) is 6.17. The zero-order valence-electron chi connectivity index (χ0n) is 17.2. The van der Waals surface area contributed by atoms with Gasteiger partial charge >= 0.3 is 0 Å². The van der Waals surface area contributed by atoms with Gasteiger partial charge in [0.15, 0.2) is 0 Å². The number of aliphatic hydroxyl groups excluding tert-OH is 1. The number of nitrogens with zero attached hydrogens (tertiary/aromatic N) is 1. The van der Waals surface area contributed by atoms with Crippen molar-refractivity contribution in [3.8, 4) is 0 Å². The fraction of sp³-hybridized carbons (Fsp3) is 0.333. The molecule has 162 valence electrons. The fourth-order valence-corrected chi connectivity index (χ4v) is 4.38. The molecule has 1 saturated carbocycles. The van der Waals surface area contributed by atoms with Crippen LogP contribution in [0.25, 0.3) is 10.8 Å². The van der Waals surface area contributed by atoms with Gasteiger partial charge in [0.2, 0.25) is 0 Å². The molecule has 0 bridgehead atoms. The Kier molecular flexibility index (Phi) is 5.87. The van der Waals surface area contributed by atoms with Crippen LogP contribution in [-0.4, -0.2) is 22.2 Å². The van der Waals surface area contributed by atoms with E-state index in [1.807, 2.05) is 0 Å². The van der Waals surface area contributed by atoms with Gasteiger partial charge in [0.25, 0.3) is 11.5 Å². The van der Waals surface area contributed by atoms with Crippen molar-refractivity contribution in [2.24, 2.45) is 5.92 Å². The van der Waals surface area contributed by atoms with Crippen molar-refractivity contribution in [2.45, 2.75) is 38.8 Å². The summed E-state index contributed by atoms with van der Waals surface area (Å²) in [6, 6.07) is 9.95. The largest absolute Gasteiger partial charge is 0.395 e. The molecule has 1 aliphatic carbocycles. The summed E-state index contributed by atoms with van der Waals surface area (Å²) < 4.78 is 29.6. The van der Waals surface area contributed by atoms with Crippen molar-refractivity contribution < 1.29 is 18.7 Å². The van der Waals surface area contributed by atoms with Crippen LogP contribution in [0.5, 0.6) is 0 Å². The number of aliphatic hydroxyl groups is 1. The lowest BCUT2D eigenvalue weighted by Gasteiger charge is -2.35. The molecule has 4 rings (SSSR count). The van der Waals surface area contributed by atoms with E-state index in [0.29, 0.717) is 11.3 Å². The topological polar surface area (TPSA) is 71.3 Å². The van der Waals surface area contributed by atoms with E-state index in [2.05, 4.69) is 5.32 Å². The van der Waals surface area contributed by atoms with E-state index in [4.69, 9.17) is 0 Å². The number of fused-ring (bicyclic) bond motifs is 1. The fourth-order valence-electron chi connectivity index (χ4n) is 4.38. The molecule has 5 nitrogen and oxygen atoms in total. The number of pyridine rings is 1. The van der Waals surface area contributed by atoms with Gasteiger partial charge < -0.3 is 15.0 Å². The molecule has 2 N–H and O–H groups in total. The standard InChI is InChI=1S/C24H24F2N2O3/c1-14-20(18-9-4-10-19(26)21(18)24(31)28(14)11-12-29)23(30)27-22(15-5-2-6-15)16-7-3-8-17(25)13-16/h3-4,7-10,13,15,22,29H,2,5-6,11-12H2,1H3,(H,27,30)/t22-/m0/s1. The van der Waals surface area contributed by atoms with E-state index in [1.54, 1.807) is 25.1 Å². The summed E-state index contributed by atoms with van der Waals surface area (Å²) in [6.45, 7) is 1.23. The molecule has 1 fully saturated rings. The van der Waals surface area contributed by atoms with E-state index in [9.17, 15) is 23.5 Å². The number of amides is 1. The van der Waals surface area contributed by atoms with Crippen LogP contribution < -0.4 is 10.9 Å². The molecule has 7 heteroatoms. The van der Waals surface area contributed by atoms with E-state index >= 15 is 0 Å². The number of halogens is 2. The molecular formula is C24H24F2N2O3. The first-order chi connectivity index (χ1) is 14.9. The number of carbonyl (C=O) groups excluding carboxylic acids is 1. The van der Waals surface area contributed by atoms with Crippen molar-refractivity contribution in [1.82, 2.24) is 9.88 Å². The summed E-state index contributed by atoms with van der Waals surface area (Å²) in [7, 11) is 0. The zero-order valence-corrected chi connectivity index (χ0v) is 17.2. The molecule has 0 unspecified atom stereocenters. The smallest absolute Gasteiger partial charge is 0.261 e. The van der Waals surface area contributed by atoms with E-state index in [1.165, 1.54) is 28.8 Å². The van der Waals surface area contributed by atoms with Gasteiger partial charge in [0.1, 0.15) is 11.6 Å². The van der Waals surface area contributed by atoms with Crippen LogP contribution in [-0.2, 0) is 6.54 Å². The lowest BCUT2D eigenvalue weighted by molar-refractivity contribution is 0.0900. The van der Waals surface area contributed by atoms with Crippen LogP contribution in [0.15, 0.2) is 47.3 Å².